The molecule has 0 aromatic heterocycles. The Hall–Kier alpha value is -2.43. The van der Waals surface area contributed by atoms with E-state index in [0.29, 0.717) is 5.69 Å². The summed E-state index contributed by atoms with van der Waals surface area (Å²) in [6.07, 6.45) is 5.06. The van der Waals surface area contributed by atoms with E-state index in [1.54, 1.807) is 0 Å². The molecule has 124 valence electrons. The van der Waals surface area contributed by atoms with Crippen LogP contribution in [0.25, 0.3) is 0 Å². The number of imide groups is 1. The molecule has 4 rings (SSSR count). The SMILES string of the molecule is CC(=O)N(CN1C(=O)[C@@H]2[C@H](C1=O)[C@@H]1C=C[C@@H]2C1)c1ccc(C)cc1. The zero-order valence-corrected chi connectivity index (χ0v) is 13.8. The number of nitrogens with zero attached hydrogens (tertiary/aromatic N) is 2. The molecule has 3 aliphatic rings. The first-order valence-electron chi connectivity index (χ1n) is 8.35. The largest absolute Gasteiger partial charge is 0.294 e. The Morgan fingerprint density at radius 2 is 1.62 bits per heavy atom. The van der Waals surface area contributed by atoms with Crippen LogP contribution in [-0.4, -0.2) is 29.3 Å². The summed E-state index contributed by atoms with van der Waals surface area (Å²) in [6.45, 7) is 3.43. The predicted molar refractivity (Wildman–Crippen MR) is 88.8 cm³/mol. The van der Waals surface area contributed by atoms with Crippen molar-refractivity contribution in [2.75, 3.05) is 11.6 Å². The normalized spacial score (nSPS) is 30.2. The summed E-state index contributed by atoms with van der Waals surface area (Å²) in [4.78, 5) is 40.4. The number of aryl methyl sites for hydroxylation is 1. The second kappa shape index (κ2) is 5.30. The highest BCUT2D eigenvalue weighted by molar-refractivity contribution is 6.07. The third-order valence-electron chi connectivity index (χ3n) is 5.57. The summed E-state index contributed by atoms with van der Waals surface area (Å²) >= 11 is 0. The van der Waals surface area contributed by atoms with Gasteiger partial charge in [0.15, 0.2) is 0 Å². The molecule has 24 heavy (non-hydrogen) atoms. The maximum atomic E-state index is 12.8. The molecular formula is C19H20N2O3. The molecule has 1 saturated heterocycles. The van der Waals surface area contributed by atoms with Gasteiger partial charge in [-0.2, -0.15) is 0 Å². The van der Waals surface area contributed by atoms with Crippen LogP contribution in [0.5, 0.6) is 0 Å². The van der Waals surface area contributed by atoms with E-state index >= 15 is 0 Å². The molecule has 0 unspecified atom stereocenters. The van der Waals surface area contributed by atoms with Crippen LogP contribution in [-0.2, 0) is 14.4 Å². The standard InChI is InChI=1S/C19H20N2O3/c1-11-3-7-15(8-4-11)20(12(2)22)10-21-18(23)16-13-5-6-14(9-13)17(16)19(21)24/h3-8,13-14,16-17H,9-10H2,1-2H3/t13-,14-,16-,17+/m1/s1. The van der Waals surface area contributed by atoms with Gasteiger partial charge in [0.25, 0.3) is 0 Å². The first-order chi connectivity index (χ1) is 11.5. The van der Waals surface area contributed by atoms with E-state index < -0.39 is 0 Å². The molecule has 5 heteroatoms. The molecule has 4 atom stereocenters. The van der Waals surface area contributed by atoms with Crippen LogP contribution < -0.4 is 4.90 Å². The van der Waals surface area contributed by atoms with E-state index in [-0.39, 0.29) is 48.1 Å². The van der Waals surface area contributed by atoms with E-state index in [1.165, 1.54) is 16.7 Å². The highest BCUT2D eigenvalue weighted by Gasteiger charge is 2.59. The van der Waals surface area contributed by atoms with Crippen molar-refractivity contribution in [1.82, 2.24) is 4.90 Å². The van der Waals surface area contributed by atoms with Gasteiger partial charge in [-0.3, -0.25) is 24.2 Å². The first kappa shape index (κ1) is 15.1. The smallest absolute Gasteiger partial charge is 0.235 e. The topological polar surface area (TPSA) is 57.7 Å². The Labute approximate surface area is 140 Å². The van der Waals surface area contributed by atoms with Crippen LogP contribution in [0, 0.1) is 30.6 Å². The van der Waals surface area contributed by atoms with Gasteiger partial charge in [-0.1, -0.05) is 29.8 Å². The predicted octanol–water partition coefficient (Wildman–Crippen LogP) is 2.11. The van der Waals surface area contributed by atoms with Gasteiger partial charge in [0, 0.05) is 12.6 Å². The zero-order chi connectivity index (χ0) is 17.0. The second-order valence-electron chi connectivity index (χ2n) is 7.03. The summed E-state index contributed by atoms with van der Waals surface area (Å²) < 4.78 is 0. The quantitative estimate of drug-likeness (QED) is 0.632. The Morgan fingerprint density at radius 3 is 2.12 bits per heavy atom. The highest BCUT2D eigenvalue weighted by atomic mass is 16.2. The Balaban J connectivity index is 1.60. The fourth-order valence-corrected chi connectivity index (χ4v) is 4.33. The van der Waals surface area contributed by atoms with Gasteiger partial charge in [0.1, 0.15) is 6.67 Å². The number of carbonyl (C=O) groups excluding carboxylic acids is 3. The maximum Gasteiger partial charge on any atom is 0.235 e. The molecule has 2 bridgehead atoms. The van der Waals surface area contributed by atoms with Crippen LogP contribution in [0.3, 0.4) is 0 Å². The molecule has 1 aliphatic heterocycles. The number of fused-ring (bicyclic) bond motifs is 5. The minimum absolute atomic E-state index is 0.00248. The molecule has 1 aromatic rings. The van der Waals surface area contributed by atoms with Gasteiger partial charge in [-0.05, 0) is 37.3 Å². The lowest BCUT2D eigenvalue weighted by Gasteiger charge is -2.27. The van der Waals surface area contributed by atoms with Crippen LogP contribution in [0.4, 0.5) is 5.69 Å². The average Bonchev–Trinajstić information content (AvgIpc) is 3.22. The van der Waals surface area contributed by atoms with E-state index in [0.717, 1.165) is 12.0 Å². The molecule has 2 fully saturated rings. The fourth-order valence-electron chi connectivity index (χ4n) is 4.33. The highest BCUT2D eigenvalue weighted by Crippen LogP contribution is 2.52. The van der Waals surface area contributed by atoms with Crippen molar-refractivity contribution in [3.63, 3.8) is 0 Å². The number of likely N-dealkylation sites (tertiary alicyclic amines) is 1. The van der Waals surface area contributed by atoms with E-state index in [1.807, 2.05) is 31.2 Å². The number of allylic oxidation sites excluding steroid dienone is 2. The second-order valence-corrected chi connectivity index (χ2v) is 7.03. The summed E-state index contributed by atoms with van der Waals surface area (Å²) in [7, 11) is 0. The van der Waals surface area contributed by atoms with Crippen molar-refractivity contribution in [2.24, 2.45) is 23.7 Å². The molecule has 1 heterocycles. The molecule has 0 N–H and O–H groups in total. The molecular weight excluding hydrogens is 304 g/mol. The van der Waals surface area contributed by atoms with Gasteiger partial charge in [-0.15, -0.1) is 0 Å². The third kappa shape index (κ3) is 2.11. The molecule has 0 radical (unpaired) electrons. The maximum absolute atomic E-state index is 12.8. The minimum Gasteiger partial charge on any atom is -0.294 e. The molecule has 5 nitrogen and oxygen atoms in total. The Morgan fingerprint density at radius 1 is 1.08 bits per heavy atom. The van der Waals surface area contributed by atoms with Gasteiger partial charge in [0.05, 0.1) is 11.8 Å². The minimum atomic E-state index is -0.223. The van der Waals surface area contributed by atoms with E-state index in [2.05, 4.69) is 12.2 Å². The van der Waals surface area contributed by atoms with E-state index in [4.69, 9.17) is 0 Å². The van der Waals surface area contributed by atoms with Gasteiger partial charge in [0.2, 0.25) is 17.7 Å². The molecule has 1 aromatic carbocycles. The Bertz CT molecular complexity index is 722. The number of benzene rings is 1. The zero-order valence-electron chi connectivity index (χ0n) is 13.8. The van der Waals surface area contributed by atoms with Crippen molar-refractivity contribution in [3.8, 4) is 0 Å². The summed E-state index contributed by atoms with van der Waals surface area (Å²) in [6, 6.07) is 7.51. The van der Waals surface area contributed by atoms with Crippen LogP contribution >= 0.6 is 0 Å². The monoisotopic (exact) mass is 324 g/mol. The average molecular weight is 324 g/mol. The van der Waals surface area contributed by atoms with Gasteiger partial charge >= 0.3 is 0 Å². The number of anilines is 1. The first-order valence-corrected chi connectivity index (χ1v) is 8.35. The molecule has 1 saturated carbocycles. The molecule has 0 spiro atoms. The lowest BCUT2D eigenvalue weighted by Crippen LogP contribution is -2.44. The summed E-state index contributed by atoms with van der Waals surface area (Å²) in [5, 5.41) is 0. The molecule has 3 amide bonds. The lowest BCUT2D eigenvalue weighted by molar-refractivity contribution is -0.140. The number of amides is 3. The van der Waals surface area contributed by atoms with Crippen LogP contribution in [0.2, 0.25) is 0 Å². The van der Waals surface area contributed by atoms with Crippen molar-refractivity contribution in [3.05, 3.63) is 42.0 Å². The van der Waals surface area contributed by atoms with E-state index in [9.17, 15) is 14.4 Å². The number of carbonyl (C=O) groups is 3. The Kier molecular flexibility index (Phi) is 3.34. The number of rotatable bonds is 3. The third-order valence-corrected chi connectivity index (χ3v) is 5.57. The molecule has 2 aliphatic carbocycles. The van der Waals surface area contributed by atoms with Crippen molar-refractivity contribution in [2.45, 2.75) is 20.3 Å². The number of hydrogen-bond donors (Lipinski definition) is 0. The summed E-state index contributed by atoms with van der Waals surface area (Å²) in [5.74, 6) is -0.505. The summed E-state index contributed by atoms with van der Waals surface area (Å²) in [5.41, 5.74) is 1.79. The van der Waals surface area contributed by atoms with Crippen molar-refractivity contribution in [1.29, 1.82) is 0 Å². The van der Waals surface area contributed by atoms with Gasteiger partial charge < -0.3 is 0 Å². The lowest BCUT2D eigenvalue weighted by atomic mass is 9.85. The fraction of sp³-hybridized carbons (Fsp3) is 0.421. The number of hydrogen-bond acceptors (Lipinski definition) is 3. The van der Waals surface area contributed by atoms with Crippen molar-refractivity contribution < 1.29 is 14.4 Å². The van der Waals surface area contributed by atoms with Crippen LogP contribution in [0.15, 0.2) is 36.4 Å². The van der Waals surface area contributed by atoms with Crippen LogP contribution in [0.1, 0.15) is 18.9 Å². The van der Waals surface area contributed by atoms with Crippen molar-refractivity contribution >= 4 is 23.4 Å². The van der Waals surface area contributed by atoms with Gasteiger partial charge in [-0.25, -0.2) is 0 Å².